The molecule has 0 bridgehead atoms. The average Bonchev–Trinajstić information content (AvgIpc) is 2.62. The fraction of sp³-hybridized carbons (Fsp3) is 0.353. The molecule has 3 rings (SSSR count). The molecule has 1 aromatic rings. The zero-order chi connectivity index (χ0) is 18.7. The molecule has 2 saturated heterocycles. The third-order valence-corrected chi connectivity index (χ3v) is 4.15. The monoisotopic (exact) mass is 360 g/mol. The first kappa shape index (κ1) is 17.9. The lowest BCUT2D eigenvalue weighted by molar-refractivity contribution is -0.133. The Balaban J connectivity index is 1.79. The third-order valence-electron chi connectivity index (χ3n) is 4.15. The van der Waals surface area contributed by atoms with E-state index in [-0.39, 0.29) is 5.70 Å². The summed E-state index contributed by atoms with van der Waals surface area (Å²) in [5.74, 6) is -1.98. The van der Waals surface area contributed by atoms with E-state index in [2.05, 4.69) is 17.3 Å². The van der Waals surface area contributed by atoms with Crippen LogP contribution >= 0.6 is 0 Å². The van der Waals surface area contributed by atoms with Crippen LogP contribution in [0.15, 0.2) is 36.5 Å². The van der Waals surface area contributed by atoms with Gasteiger partial charge in [-0.25, -0.2) is 14.7 Å². The molecule has 0 unspecified atom stereocenters. The molecule has 1 atom stereocenters. The molecule has 1 aromatic carbocycles. The van der Waals surface area contributed by atoms with Gasteiger partial charge in [-0.15, -0.1) is 0 Å². The number of rotatable bonds is 5. The van der Waals surface area contributed by atoms with Gasteiger partial charge in [-0.3, -0.25) is 14.9 Å². The van der Waals surface area contributed by atoms with Crippen LogP contribution in [-0.4, -0.2) is 56.3 Å². The predicted molar refractivity (Wildman–Crippen MR) is 92.2 cm³/mol. The second-order valence-electron chi connectivity index (χ2n) is 5.84. The highest BCUT2D eigenvalue weighted by Crippen LogP contribution is 2.25. The van der Waals surface area contributed by atoms with E-state index in [4.69, 9.17) is 9.47 Å². The molecule has 2 aliphatic heterocycles. The maximum absolute atomic E-state index is 12.9. The van der Waals surface area contributed by atoms with Crippen molar-refractivity contribution in [2.75, 3.05) is 38.3 Å². The maximum Gasteiger partial charge on any atom is 0.335 e. The zero-order valence-electron chi connectivity index (χ0n) is 14.4. The van der Waals surface area contributed by atoms with Gasteiger partial charge < -0.3 is 14.9 Å². The second-order valence-corrected chi connectivity index (χ2v) is 5.84. The van der Waals surface area contributed by atoms with Gasteiger partial charge in [-0.1, -0.05) is 6.58 Å². The molecule has 2 heterocycles. The smallest absolute Gasteiger partial charge is 0.335 e. The summed E-state index contributed by atoms with van der Waals surface area (Å²) in [6, 6.07) is 5.60. The molecule has 0 radical (unpaired) electrons. The Morgan fingerprint density at radius 3 is 2.50 bits per heavy atom. The van der Waals surface area contributed by atoms with Crippen LogP contribution in [-0.2, 0) is 14.3 Å². The van der Waals surface area contributed by atoms with Crippen LogP contribution in [0.5, 0.6) is 5.75 Å². The molecule has 26 heavy (non-hydrogen) atoms. The Kier molecular flexibility index (Phi) is 5.19. The van der Waals surface area contributed by atoms with Gasteiger partial charge in [-0.05, 0) is 24.3 Å². The molecule has 9 heteroatoms. The summed E-state index contributed by atoms with van der Waals surface area (Å²) in [4.78, 5) is 38.2. The fourth-order valence-corrected chi connectivity index (χ4v) is 2.80. The van der Waals surface area contributed by atoms with Crippen LogP contribution in [0.25, 0.3) is 0 Å². The summed E-state index contributed by atoms with van der Waals surface area (Å²) in [6.07, 6.45) is 0. The van der Waals surface area contributed by atoms with Gasteiger partial charge in [0.25, 0.3) is 5.91 Å². The van der Waals surface area contributed by atoms with Crippen molar-refractivity contribution in [1.82, 2.24) is 15.8 Å². The summed E-state index contributed by atoms with van der Waals surface area (Å²) in [5, 5.41) is 4.03. The Labute approximate surface area is 150 Å². The van der Waals surface area contributed by atoms with Gasteiger partial charge in [0.05, 0.1) is 26.0 Å². The van der Waals surface area contributed by atoms with Crippen LogP contribution in [0.1, 0.15) is 0 Å². The van der Waals surface area contributed by atoms with Crippen molar-refractivity contribution in [3.05, 3.63) is 36.5 Å². The van der Waals surface area contributed by atoms with Crippen LogP contribution < -0.4 is 20.4 Å². The first-order valence-corrected chi connectivity index (χ1v) is 8.12. The molecular weight excluding hydrogens is 340 g/mol. The molecular formula is C17H20N4O5. The first-order valence-electron chi connectivity index (χ1n) is 8.12. The average molecular weight is 360 g/mol. The van der Waals surface area contributed by atoms with E-state index in [1.165, 1.54) is 7.11 Å². The van der Waals surface area contributed by atoms with E-state index in [0.29, 0.717) is 37.7 Å². The largest absolute Gasteiger partial charge is 0.497 e. The number of hydrogen-bond donors (Lipinski definition) is 2. The van der Waals surface area contributed by atoms with E-state index in [0.717, 1.165) is 4.90 Å². The number of urea groups is 1. The van der Waals surface area contributed by atoms with Crippen molar-refractivity contribution in [3.63, 3.8) is 0 Å². The number of hydrazine groups is 1. The van der Waals surface area contributed by atoms with Crippen LogP contribution in [0.2, 0.25) is 0 Å². The van der Waals surface area contributed by atoms with Crippen LogP contribution in [0, 0.1) is 5.92 Å². The summed E-state index contributed by atoms with van der Waals surface area (Å²) in [5.41, 5.74) is 3.52. The van der Waals surface area contributed by atoms with E-state index in [9.17, 15) is 14.4 Å². The van der Waals surface area contributed by atoms with Crippen LogP contribution in [0.4, 0.5) is 10.5 Å². The number of amides is 4. The van der Waals surface area contributed by atoms with Gasteiger partial charge >= 0.3 is 6.03 Å². The van der Waals surface area contributed by atoms with E-state index < -0.39 is 23.8 Å². The zero-order valence-corrected chi connectivity index (χ0v) is 14.4. The fourth-order valence-electron chi connectivity index (χ4n) is 2.80. The quantitative estimate of drug-likeness (QED) is 0.726. The Morgan fingerprint density at radius 1 is 1.23 bits per heavy atom. The number of morpholine rings is 1. The van der Waals surface area contributed by atoms with Gasteiger partial charge in [0, 0.05) is 18.8 Å². The maximum atomic E-state index is 12.9. The Morgan fingerprint density at radius 2 is 1.88 bits per heavy atom. The minimum Gasteiger partial charge on any atom is -0.497 e. The number of barbiturate groups is 1. The van der Waals surface area contributed by atoms with Crippen molar-refractivity contribution in [2.24, 2.45) is 5.92 Å². The minimum absolute atomic E-state index is 0.209. The van der Waals surface area contributed by atoms with Crippen molar-refractivity contribution in [3.8, 4) is 5.75 Å². The standard InChI is InChI=1S/C17H20N4O5/c1-11(19-20-7-9-26-10-8-20)14-15(22)18-17(24)21(16(14)23)12-3-5-13(25-2)6-4-12/h3-6,14,19H,1,7-10H2,2H3,(H,18,22,24)/t14-/m0/s1. The minimum atomic E-state index is -1.21. The van der Waals surface area contributed by atoms with Gasteiger partial charge in [0.15, 0.2) is 5.92 Å². The normalized spacial score (nSPS) is 21.3. The molecule has 0 spiro atoms. The van der Waals surface area contributed by atoms with Crippen molar-refractivity contribution < 1.29 is 23.9 Å². The number of anilines is 1. The molecule has 9 nitrogen and oxygen atoms in total. The summed E-state index contributed by atoms with van der Waals surface area (Å²) in [6.45, 7) is 6.11. The number of methoxy groups -OCH3 is 1. The van der Waals surface area contributed by atoms with E-state index in [1.807, 2.05) is 5.01 Å². The lowest BCUT2D eigenvalue weighted by atomic mass is 10.0. The van der Waals surface area contributed by atoms with Gasteiger partial charge in [0.2, 0.25) is 5.91 Å². The molecule has 2 fully saturated rings. The molecule has 138 valence electrons. The number of carbonyl (C=O) groups excluding carboxylic acids is 3. The Bertz CT molecular complexity index is 727. The van der Waals surface area contributed by atoms with E-state index >= 15 is 0 Å². The van der Waals surface area contributed by atoms with Crippen molar-refractivity contribution in [2.45, 2.75) is 0 Å². The lowest BCUT2D eigenvalue weighted by Crippen LogP contribution is -2.60. The van der Waals surface area contributed by atoms with Crippen molar-refractivity contribution >= 4 is 23.5 Å². The van der Waals surface area contributed by atoms with Gasteiger partial charge in [-0.2, -0.15) is 0 Å². The molecule has 2 aliphatic rings. The lowest BCUT2D eigenvalue weighted by Gasteiger charge is -2.34. The molecule has 0 saturated carbocycles. The third kappa shape index (κ3) is 3.53. The Hall–Kier alpha value is -2.91. The van der Waals surface area contributed by atoms with Gasteiger partial charge in [0.1, 0.15) is 5.75 Å². The number of carbonyl (C=O) groups is 3. The number of ether oxygens (including phenoxy) is 2. The van der Waals surface area contributed by atoms with E-state index in [1.54, 1.807) is 24.3 Å². The van der Waals surface area contributed by atoms with Crippen molar-refractivity contribution in [1.29, 1.82) is 0 Å². The highest BCUT2D eigenvalue weighted by molar-refractivity contribution is 6.28. The number of hydrogen-bond acceptors (Lipinski definition) is 7. The number of benzene rings is 1. The summed E-state index contributed by atoms with van der Waals surface area (Å²) >= 11 is 0. The predicted octanol–water partition coefficient (Wildman–Crippen LogP) is 0.245. The molecule has 0 aliphatic carbocycles. The highest BCUT2D eigenvalue weighted by Gasteiger charge is 2.43. The highest BCUT2D eigenvalue weighted by atomic mass is 16.5. The summed E-state index contributed by atoms with van der Waals surface area (Å²) in [7, 11) is 1.52. The molecule has 2 N–H and O–H groups in total. The summed E-state index contributed by atoms with van der Waals surface area (Å²) < 4.78 is 10.3. The number of nitrogens with one attached hydrogen (secondary N) is 2. The number of imide groups is 2. The second kappa shape index (κ2) is 7.54. The molecule has 0 aromatic heterocycles. The first-order chi connectivity index (χ1) is 12.5. The molecule has 4 amide bonds. The van der Waals surface area contributed by atoms with Crippen LogP contribution in [0.3, 0.4) is 0 Å². The topological polar surface area (TPSA) is 100 Å². The number of nitrogens with zero attached hydrogens (tertiary/aromatic N) is 2. The SMILES string of the molecule is C=C(NN1CCOCC1)[C@H]1C(=O)NC(=O)N(c2ccc(OC)cc2)C1=O.